The number of para-hydroxylation sites is 1. The quantitative estimate of drug-likeness (QED) is 0.717. The van der Waals surface area contributed by atoms with Crippen LogP contribution in [0.4, 0.5) is 11.4 Å². The summed E-state index contributed by atoms with van der Waals surface area (Å²) in [4.78, 5) is 13.4. The van der Waals surface area contributed by atoms with Gasteiger partial charge in [0.05, 0.1) is 11.4 Å². The Bertz CT molecular complexity index is 616. The number of halogens is 1. The minimum atomic E-state index is -0.404. The Morgan fingerprint density at radius 3 is 2.56 bits per heavy atom. The molecule has 3 rings (SSSR count). The molecule has 2 aromatic carbocycles. The molecule has 3 N–H and O–H groups in total. The van der Waals surface area contributed by atoms with Crippen molar-refractivity contribution in [1.29, 1.82) is 0 Å². The fourth-order valence-corrected chi connectivity index (χ4v) is 2.76. The maximum Gasteiger partial charge on any atom is 0.248 e. The summed E-state index contributed by atoms with van der Waals surface area (Å²) in [5, 5.41) is 3.31. The molecule has 2 aromatic rings. The van der Waals surface area contributed by atoms with Crippen LogP contribution in [0, 0.1) is 0 Å². The van der Waals surface area contributed by atoms with E-state index in [0.717, 1.165) is 16.3 Å². The number of amides is 1. The molecule has 0 aliphatic carbocycles. The van der Waals surface area contributed by atoms with E-state index in [4.69, 9.17) is 5.73 Å². The average Bonchev–Trinajstić information content (AvgIpc) is 2.35. The molecule has 3 nitrogen and oxygen atoms in total. The van der Waals surface area contributed by atoms with E-state index in [9.17, 15) is 4.79 Å². The van der Waals surface area contributed by atoms with Crippen LogP contribution in [0.15, 0.2) is 52.3 Å². The van der Waals surface area contributed by atoms with Gasteiger partial charge in [-0.05, 0) is 30.3 Å². The third-order valence-corrected chi connectivity index (χ3v) is 3.79. The molecule has 5 heteroatoms. The molecule has 0 spiro atoms. The van der Waals surface area contributed by atoms with Gasteiger partial charge in [-0.2, -0.15) is 0 Å². The maximum absolute atomic E-state index is 11.1. The molecule has 1 aliphatic heterocycles. The average molecular weight is 279 g/mol. The highest BCUT2D eigenvalue weighted by Gasteiger charge is 2.16. The molecule has 0 unspecified atom stereocenters. The van der Waals surface area contributed by atoms with Gasteiger partial charge < -0.3 is 11.1 Å². The monoisotopic (exact) mass is 278 g/mol. The van der Waals surface area contributed by atoms with Crippen LogP contribution in [-0.4, -0.2) is 5.91 Å². The summed E-state index contributed by atoms with van der Waals surface area (Å²) in [5.74, 6) is -0.404. The second-order valence-corrected chi connectivity index (χ2v) is 4.88. The molecule has 92 valence electrons. The van der Waals surface area contributed by atoms with Gasteiger partial charge in [-0.1, -0.05) is 23.9 Å². The fraction of sp³-hybridized carbons (Fsp3) is 0. The van der Waals surface area contributed by atoms with E-state index in [0.29, 0.717) is 5.56 Å². The van der Waals surface area contributed by atoms with Crippen molar-refractivity contribution in [2.75, 3.05) is 5.32 Å². The van der Waals surface area contributed by atoms with E-state index in [1.165, 1.54) is 4.90 Å². The number of carbonyl (C=O) groups excluding carboxylic acids is 1. The summed E-state index contributed by atoms with van der Waals surface area (Å²) >= 11 is 1.69. The van der Waals surface area contributed by atoms with Crippen molar-refractivity contribution in [3.63, 3.8) is 0 Å². The van der Waals surface area contributed by atoms with Gasteiger partial charge in [0, 0.05) is 15.4 Å². The molecule has 1 amide bonds. The number of anilines is 2. The Labute approximate surface area is 115 Å². The molecule has 0 fully saturated rings. The van der Waals surface area contributed by atoms with Gasteiger partial charge in [-0.15, -0.1) is 12.4 Å². The van der Waals surface area contributed by atoms with Crippen LogP contribution in [-0.2, 0) is 0 Å². The smallest absolute Gasteiger partial charge is 0.248 e. The number of primary amides is 1. The van der Waals surface area contributed by atoms with Gasteiger partial charge in [0.15, 0.2) is 0 Å². The molecule has 1 aliphatic rings. The largest absolute Gasteiger partial charge is 0.366 e. The molecule has 0 radical (unpaired) electrons. The van der Waals surface area contributed by atoms with Gasteiger partial charge in [0.1, 0.15) is 0 Å². The number of hydrogen-bond acceptors (Lipinski definition) is 3. The van der Waals surface area contributed by atoms with Crippen LogP contribution in [0.25, 0.3) is 0 Å². The van der Waals surface area contributed by atoms with E-state index in [-0.39, 0.29) is 12.4 Å². The first kappa shape index (κ1) is 12.8. The van der Waals surface area contributed by atoms with Crippen molar-refractivity contribution in [2.24, 2.45) is 5.73 Å². The Hall–Kier alpha value is -1.65. The molecule has 18 heavy (non-hydrogen) atoms. The number of benzene rings is 2. The van der Waals surface area contributed by atoms with E-state index in [1.54, 1.807) is 23.9 Å². The molecule has 0 saturated heterocycles. The summed E-state index contributed by atoms with van der Waals surface area (Å²) in [6.45, 7) is 0. The van der Waals surface area contributed by atoms with Crippen LogP contribution in [0.5, 0.6) is 0 Å². The summed E-state index contributed by atoms with van der Waals surface area (Å²) in [6.07, 6.45) is 0. The number of rotatable bonds is 1. The van der Waals surface area contributed by atoms with Gasteiger partial charge in [0.2, 0.25) is 5.91 Å². The van der Waals surface area contributed by atoms with Gasteiger partial charge in [0.25, 0.3) is 0 Å². The van der Waals surface area contributed by atoms with Crippen molar-refractivity contribution >= 4 is 41.5 Å². The van der Waals surface area contributed by atoms with Crippen LogP contribution in [0.1, 0.15) is 10.4 Å². The second-order valence-electron chi connectivity index (χ2n) is 3.80. The standard InChI is InChI=1S/C13H10N2OS.ClH/c14-13(16)8-5-6-12-10(7-8)15-9-3-1-2-4-11(9)17-12;/h1-7,15H,(H2,14,16);1H. The SMILES string of the molecule is Cl.NC(=O)c1ccc2c(c1)Nc1ccccc1S2. The Kier molecular flexibility index (Phi) is 3.50. The van der Waals surface area contributed by atoms with Crippen molar-refractivity contribution < 1.29 is 4.79 Å². The zero-order chi connectivity index (χ0) is 11.8. The normalized spacial score (nSPS) is 11.6. The second kappa shape index (κ2) is 4.92. The Morgan fingerprint density at radius 2 is 1.78 bits per heavy atom. The van der Waals surface area contributed by atoms with Crippen molar-refractivity contribution in [3.05, 3.63) is 48.0 Å². The minimum absolute atomic E-state index is 0. The van der Waals surface area contributed by atoms with Crippen molar-refractivity contribution in [1.82, 2.24) is 0 Å². The summed E-state index contributed by atoms with van der Waals surface area (Å²) in [6, 6.07) is 13.5. The van der Waals surface area contributed by atoms with Crippen LogP contribution in [0.3, 0.4) is 0 Å². The number of carbonyl (C=O) groups is 1. The lowest BCUT2D eigenvalue weighted by Gasteiger charge is -2.20. The minimum Gasteiger partial charge on any atom is -0.366 e. The van der Waals surface area contributed by atoms with Crippen LogP contribution >= 0.6 is 24.2 Å². The first-order chi connectivity index (χ1) is 8.24. The van der Waals surface area contributed by atoms with Gasteiger partial charge in [-0.3, -0.25) is 4.79 Å². The number of nitrogens with one attached hydrogen (secondary N) is 1. The number of fused-ring (bicyclic) bond motifs is 2. The third-order valence-electron chi connectivity index (χ3n) is 2.64. The van der Waals surface area contributed by atoms with E-state index < -0.39 is 5.91 Å². The molecule has 0 aromatic heterocycles. The maximum atomic E-state index is 11.1. The first-order valence-electron chi connectivity index (χ1n) is 5.22. The predicted octanol–water partition coefficient (Wildman–Crippen LogP) is 3.42. The fourth-order valence-electron chi connectivity index (χ4n) is 1.79. The van der Waals surface area contributed by atoms with Crippen LogP contribution < -0.4 is 11.1 Å². The molecular formula is C13H11ClN2OS. The lowest BCUT2D eigenvalue weighted by Crippen LogP contribution is -2.11. The van der Waals surface area contributed by atoms with Gasteiger partial charge in [-0.25, -0.2) is 0 Å². The number of hydrogen-bond donors (Lipinski definition) is 2. The van der Waals surface area contributed by atoms with E-state index in [2.05, 4.69) is 11.4 Å². The summed E-state index contributed by atoms with van der Waals surface area (Å²) < 4.78 is 0. The van der Waals surface area contributed by atoms with Crippen molar-refractivity contribution in [2.45, 2.75) is 9.79 Å². The zero-order valence-electron chi connectivity index (χ0n) is 9.34. The first-order valence-corrected chi connectivity index (χ1v) is 6.03. The van der Waals surface area contributed by atoms with Crippen LogP contribution in [0.2, 0.25) is 0 Å². The lowest BCUT2D eigenvalue weighted by molar-refractivity contribution is 0.100. The lowest BCUT2D eigenvalue weighted by atomic mass is 10.2. The van der Waals surface area contributed by atoms with Crippen molar-refractivity contribution in [3.8, 4) is 0 Å². The summed E-state index contributed by atoms with van der Waals surface area (Å²) in [5.41, 5.74) is 7.79. The van der Waals surface area contributed by atoms with Gasteiger partial charge >= 0.3 is 0 Å². The highest BCUT2D eigenvalue weighted by atomic mass is 35.5. The van der Waals surface area contributed by atoms with E-state index in [1.807, 2.05) is 24.3 Å². The molecule has 0 saturated carbocycles. The predicted molar refractivity (Wildman–Crippen MR) is 76.1 cm³/mol. The highest BCUT2D eigenvalue weighted by Crippen LogP contribution is 2.43. The molecule has 1 heterocycles. The molecular weight excluding hydrogens is 268 g/mol. The molecule has 0 atom stereocenters. The third kappa shape index (κ3) is 2.17. The topological polar surface area (TPSA) is 55.1 Å². The Morgan fingerprint density at radius 1 is 1.06 bits per heavy atom. The zero-order valence-corrected chi connectivity index (χ0v) is 11.0. The molecule has 0 bridgehead atoms. The highest BCUT2D eigenvalue weighted by molar-refractivity contribution is 7.99. The number of nitrogens with two attached hydrogens (primary N) is 1. The van der Waals surface area contributed by atoms with E-state index >= 15 is 0 Å². The Balaban J connectivity index is 0.00000120. The summed E-state index contributed by atoms with van der Waals surface area (Å²) in [7, 11) is 0.